The topological polar surface area (TPSA) is 108 Å². The highest BCUT2D eigenvalue weighted by Crippen LogP contribution is 2.28. The molecule has 0 bridgehead atoms. The number of morpholine rings is 1. The van der Waals surface area contributed by atoms with Crippen molar-refractivity contribution in [3.8, 4) is 0 Å². The SMILES string of the molecule is Cc1cc(C(=O)Nc2c(CNC(=O)c3ccc(Cl)s3)cccc2C(=O)N2CCC2)ccc1N1CCOCC1=O. The average Bonchev–Trinajstić information content (AvgIpc) is 3.33. The Bertz CT molecular complexity index is 1450. The molecule has 2 saturated heterocycles. The van der Waals surface area contributed by atoms with Crippen LogP contribution in [0.2, 0.25) is 4.34 Å². The largest absolute Gasteiger partial charge is 0.370 e. The maximum absolute atomic E-state index is 13.4. The molecule has 0 saturated carbocycles. The molecule has 0 unspecified atom stereocenters. The van der Waals surface area contributed by atoms with Gasteiger partial charge in [-0.2, -0.15) is 0 Å². The molecule has 202 valence electrons. The smallest absolute Gasteiger partial charge is 0.261 e. The molecular weight excluding hydrogens is 540 g/mol. The number of thiophene rings is 1. The number of benzene rings is 2. The summed E-state index contributed by atoms with van der Waals surface area (Å²) in [5.41, 5.74) is 3.19. The first kappa shape index (κ1) is 26.9. The minimum atomic E-state index is -0.403. The molecule has 1 aromatic heterocycles. The van der Waals surface area contributed by atoms with Gasteiger partial charge < -0.3 is 25.2 Å². The Morgan fingerprint density at radius 1 is 1.05 bits per heavy atom. The molecule has 0 aliphatic carbocycles. The number of likely N-dealkylation sites (tertiary alicyclic amines) is 1. The zero-order valence-corrected chi connectivity index (χ0v) is 22.9. The van der Waals surface area contributed by atoms with Gasteiger partial charge in [0.25, 0.3) is 23.6 Å². The highest BCUT2D eigenvalue weighted by atomic mass is 35.5. The second-order valence-corrected chi connectivity index (χ2v) is 11.0. The van der Waals surface area contributed by atoms with Crippen molar-refractivity contribution in [2.24, 2.45) is 0 Å². The van der Waals surface area contributed by atoms with Crippen molar-refractivity contribution < 1.29 is 23.9 Å². The van der Waals surface area contributed by atoms with E-state index in [-0.39, 0.29) is 30.9 Å². The van der Waals surface area contributed by atoms with Crippen LogP contribution in [0.5, 0.6) is 0 Å². The fourth-order valence-corrected chi connectivity index (χ4v) is 5.48. The average molecular weight is 567 g/mol. The van der Waals surface area contributed by atoms with Gasteiger partial charge in [0.1, 0.15) is 6.61 Å². The number of hydrogen-bond acceptors (Lipinski definition) is 6. The van der Waals surface area contributed by atoms with Crippen molar-refractivity contribution in [2.75, 3.05) is 43.1 Å². The number of nitrogens with one attached hydrogen (secondary N) is 2. The number of ether oxygens (including phenoxy) is 1. The van der Waals surface area contributed by atoms with Crippen molar-refractivity contribution in [1.29, 1.82) is 0 Å². The summed E-state index contributed by atoms with van der Waals surface area (Å²) in [4.78, 5) is 55.4. The summed E-state index contributed by atoms with van der Waals surface area (Å²) in [6.45, 7) is 4.19. The van der Waals surface area contributed by atoms with E-state index in [1.807, 2.05) is 6.92 Å². The van der Waals surface area contributed by atoms with E-state index in [2.05, 4.69) is 10.6 Å². The summed E-state index contributed by atoms with van der Waals surface area (Å²) in [5, 5.41) is 5.78. The lowest BCUT2D eigenvalue weighted by Gasteiger charge is -2.32. The van der Waals surface area contributed by atoms with Crippen molar-refractivity contribution in [3.63, 3.8) is 0 Å². The number of carbonyl (C=O) groups is 4. The zero-order valence-electron chi connectivity index (χ0n) is 21.3. The van der Waals surface area contributed by atoms with Gasteiger partial charge in [-0.15, -0.1) is 11.3 Å². The van der Waals surface area contributed by atoms with Crippen molar-refractivity contribution in [1.82, 2.24) is 10.2 Å². The molecule has 2 aromatic carbocycles. The van der Waals surface area contributed by atoms with E-state index in [1.54, 1.807) is 58.3 Å². The number of nitrogens with zero attached hydrogens (tertiary/aromatic N) is 2. The quantitative estimate of drug-likeness (QED) is 0.448. The van der Waals surface area contributed by atoms with Crippen LogP contribution in [0.4, 0.5) is 11.4 Å². The lowest BCUT2D eigenvalue weighted by Crippen LogP contribution is -2.42. The highest BCUT2D eigenvalue weighted by Gasteiger charge is 2.27. The molecule has 3 heterocycles. The van der Waals surface area contributed by atoms with Crippen molar-refractivity contribution >= 4 is 57.9 Å². The van der Waals surface area contributed by atoms with Gasteiger partial charge in [-0.3, -0.25) is 19.2 Å². The Balaban J connectivity index is 1.40. The van der Waals surface area contributed by atoms with Gasteiger partial charge in [-0.1, -0.05) is 23.7 Å². The van der Waals surface area contributed by atoms with Crippen LogP contribution in [0.15, 0.2) is 48.5 Å². The van der Waals surface area contributed by atoms with Crippen LogP contribution in [-0.4, -0.2) is 61.4 Å². The lowest BCUT2D eigenvalue weighted by molar-refractivity contribution is -0.125. The Hall–Kier alpha value is -3.73. The number of aryl methyl sites for hydroxylation is 1. The maximum atomic E-state index is 13.4. The van der Waals surface area contributed by atoms with E-state index in [0.717, 1.165) is 17.7 Å². The number of rotatable bonds is 7. The fraction of sp³-hybridized carbons (Fsp3) is 0.286. The minimum absolute atomic E-state index is 0.0301. The van der Waals surface area contributed by atoms with Gasteiger partial charge in [-0.05, 0) is 60.9 Å². The number of para-hydroxylation sites is 1. The Morgan fingerprint density at radius 3 is 2.54 bits per heavy atom. The highest BCUT2D eigenvalue weighted by molar-refractivity contribution is 7.18. The second-order valence-electron chi connectivity index (χ2n) is 9.33. The van der Waals surface area contributed by atoms with Crippen molar-refractivity contribution in [3.05, 3.63) is 80.0 Å². The summed E-state index contributed by atoms with van der Waals surface area (Å²) in [6, 6.07) is 13.6. The maximum Gasteiger partial charge on any atom is 0.261 e. The lowest BCUT2D eigenvalue weighted by atomic mass is 10.0. The monoisotopic (exact) mass is 566 g/mol. The van der Waals surface area contributed by atoms with Crippen LogP contribution in [0.1, 0.15) is 47.9 Å². The van der Waals surface area contributed by atoms with Crippen LogP contribution >= 0.6 is 22.9 Å². The van der Waals surface area contributed by atoms with Crippen molar-refractivity contribution in [2.45, 2.75) is 19.9 Å². The van der Waals surface area contributed by atoms with Crippen LogP contribution in [-0.2, 0) is 16.1 Å². The normalized spacial score (nSPS) is 15.1. The molecule has 39 heavy (non-hydrogen) atoms. The summed E-state index contributed by atoms with van der Waals surface area (Å²) >= 11 is 7.13. The molecule has 2 fully saturated rings. The summed E-state index contributed by atoms with van der Waals surface area (Å²) in [5.74, 6) is -1.00. The fourth-order valence-electron chi connectivity index (χ4n) is 4.52. The standard InChI is InChI=1S/C28H27ClN4O5S/c1-17-14-18(6-7-21(17)33-12-13-38-16-24(33)34)26(35)31-25-19(15-30-27(36)22-8-9-23(29)39-22)4-2-5-20(25)28(37)32-10-3-11-32/h2,4-9,14H,3,10-13,15-16H2,1H3,(H,30,36)(H,31,35). The first-order valence-electron chi connectivity index (χ1n) is 12.6. The molecule has 5 rings (SSSR count). The van der Waals surface area contributed by atoms with E-state index in [1.165, 1.54) is 11.3 Å². The molecule has 2 aliphatic heterocycles. The molecule has 0 atom stereocenters. The van der Waals surface area contributed by atoms with Gasteiger partial charge in [-0.25, -0.2) is 0 Å². The number of amides is 4. The third-order valence-corrected chi connectivity index (χ3v) is 7.96. The van der Waals surface area contributed by atoms with Gasteiger partial charge in [0, 0.05) is 37.4 Å². The van der Waals surface area contributed by atoms with Crippen LogP contribution < -0.4 is 15.5 Å². The van der Waals surface area contributed by atoms with E-state index in [0.29, 0.717) is 57.8 Å². The molecule has 2 N–H and O–H groups in total. The molecule has 0 spiro atoms. The summed E-state index contributed by atoms with van der Waals surface area (Å²) < 4.78 is 5.72. The molecule has 9 nitrogen and oxygen atoms in total. The molecule has 3 aromatic rings. The molecular formula is C28H27ClN4O5S. The number of halogens is 1. The van der Waals surface area contributed by atoms with Gasteiger partial charge in [0.15, 0.2) is 0 Å². The van der Waals surface area contributed by atoms with E-state index >= 15 is 0 Å². The van der Waals surface area contributed by atoms with Gasteiger partial charge in [0.2, 0.25) is 0 Å². The first-order valence-corrected chi connectivity index (χ1v) is 13.8. The Kier molecular flexibility index (Phi) is 7.97. The number of anilines is 2. The van der Waals surface area contributed by atoms with Gasteiger partial charge >= 0.3 is 0 Å². The predicted octanol–water partition coefficient (Wildman–Crippen LogP) is 4.10. The molecule has 0 radical (unpaired) electrons. The predicted molar refractivity (Wildman–Crippen MR) is 150 cm³/mol. The minimum Gasteiger partial charge on any atom is -0.370 e. The Morgan fingerprint density at radius 2 is 1.87 bits per heavy atom. The van der Waals surface area contributed by atoms with E-state index in [4.69, 9.17) is 16.3 Å². The first-order chi connectivity index (χ1) is 18.8. The summed E-state index contributed by atoms with van der Waals surface area (Å²) in [6.07, 6.45) is 0.934. The van der Waals surface area contributed by atoms with Crippen LogP contribution in [0, 0.1) is 6.92 Å². The third-order valence-electron chi connectivity index (χ3n) is 6.73. The molecule has 4 amide bonds. The second kappa shape index (κ2) is 11.6. The Labute approximate surface area is 234 Å². The van der Waals surface area contributed by atoms with E-state index < -0.39 is 5.91 Å². The summed E-state index contributed by atoms with van der Waals surface area (Å²) in [7, 11) is 0. The zero-order chi connectivity index (χ0) is 27.5. The number of hydrogen-bond donors (Lipinski definition) is 2. The number of carbonyl (C=O) groups excluding carboxylic acids is 4. The third kappa shape index (κ3) is 5.83. The van der Waals surface area contributed by atoms with E-state index in [9.17, 15) is 19.2 Å². The molecule has 11 heteroatoms. The van der Waals surface area contributed by atoms with Gasteiger partial charge in [0.05, 0.1) is 27.1 Å². The van der Waals surface area contributed by atoms with Crippen LogP contribution in [0.25, 0.3) is 0 Å². The van der Waals surface area contributed by atoms with Crippen LogP contribution in [0.3, 0.4) is 0 Å². The molecule has 2 aliphatic rings.